The molecule has 0 aliphatic rings. The Morgan fingerprint density at radius 3 is 2.21 bits per heavy atom. The van der Waals surface area contributed by atoms with Crippen LogP contribution in [-0.4, -0.2) is 42.8 Å². The summed E-state index contributed by atoms with van der Waals surface area (Å²) < 4.78 is 10.3. The minimum absolute atomic E-state index is 0.0401. The minimum Gasteiger partial charge on any atom is -0.482 e. The van der Waals surface area contributed by atoms with Crippen LogP contribution in [0.1, 0.15) is 42.2 Å². The third kappa shape index (κ3) is 5.94. The molecule has 0 saturated carbocycles. The van der Waals surface area contributed by atoms with Crippen LogP contribution in [-0.2, 0) is 14.3 Å². The van der Waals surface area contributed by atoms with Gasteiger partial charge in [-0.25, -0.2) is 4.79 Å². The number of hydrogen-bond donors (Lipinski definition) is 0. The molecule has 1 amide bonds. The number of rotatable bonds is 9. The second kappa shape index (κ2) is 10.3. The number of ketones is 1. The number of Topliss-reactive ketones (excluding diaryl/α,β-unsaturated/α-hetero) is 1. The van der Waals surface area contributed by atoms with Gasteiger partial charge in [0.1, 0.15) is 5.75 Å². The van der Waals surface area contributed by atoms with E-state index >= 15 is 0 Å². The highest BCUT2D eigenvalue weighted by molar-refractivity contribution is 5.95. The van der Waals surface area contributed by atoms with Gasteiger partial charge in [0.05, 0.1) is 6.04 Å². The number of carbonyl (C=O) groups excluding carboxylic acids is 3. The summed E-state index contributed by atoms with van der Waals surface area (Å²) in [5.74, 6) is -0.445. The maximum absolute atomic E-state index is 12.2. The normalized spacial score (nSPS) is 11.4. The Hall–Kier alpha value is -3.15. The first-order chi connectivity index (χ1) is 13.4. The average molecular weight is 383 g/mol. The third-order valence-corrected chi connectivity index (χ3v) is 4.47. The van der Waals surface area contributed by atoms with Crippen molar-refractivity contribution < 1.29 is 23.9 Å². The molecular weight excluding hydrogens is 358 g/mol. The Labute approximate surface area is 165 Å². The van der Waals surface area contributed by atoms with Gasteiger partial charge in [0, 0.05) is 19.0 Å². The number of carbonyl (C=O) groups is 3. The molecule has 0 heterocycles. The van der Waals surface area contributed by atoms with Crippen molar-refractivity contribution in [1.29, 1.82) is 0 Å². The number of ether oxygens (including phenoxy) is 2. The topological polar surface area (TPSA) is 72.9 Å². The van der Waals surface area contributed by atoms with Crippen molar-refractivity contribution in [3.63, 3.8) is 0 Å². The zero-order valence-electron chi connectivity index (χ0n) is 16.4. The van der Waals surface area contributed by atoms with Gasteiger partial charge in [-0.1, -0.05) is 37.3 Å². The smallest absolute Gasteiger partial charge is 0.344 e. The highest BCUT2D eigenvalue weighted by Gasteiger charge is 2.18. The summed E-state index contributed by atoms with van der Waals surface area (Å²) >= 11 is 0. The fourth-order valence-corrected chi connectivity index (χ4v) is 2.54. The first-order valence-corrected chi connectivity index (χ1v) is 9.14. The Kier molecular flexibility index (Phi) is 7.75. The van der Waals surface area contributed by atoms with Gasteiger partial charge < -0.3 is 14.4 Å². The lowest BCUT2D eigenvalue weighted by Crippen LogP contribution is -2.34. The second-order valence-corrected chi connectivity index (χ2v) is 6.34. The van der Waals surface area contributed by atoms with Crippen molar-refractivity contribution in [1.82, 2.24) is 4.90 Å². The van der Waals surface area contributed by atoms with Crippen molar-refractivity contribution >= 4 is 17.7 Å². The van der Waals surface area contributed by atoms with Crippen LogP contribution >= 0.6 is 0 Å². The van der Waals surface area contributed by atoms with Crippen LogP contribution in [0.2, 0.25) is 0 Å². The summed E-state index contributed by atoms with van der Waals surface area (Å²) in [4.78, 5) is 37.2. The van der Waals surface area contributed by atoms with Crippen LogP contribution in [0.15, 0.2) is 54.6 Å². The molecule has 0 aromatic heterocycles. The molecule has 1 unspecified atom stereocenters. The van der Waals surface area contributed by atoms with Crippen LogP contribution in [0.4, 0.5) is 0 Å². The first-order valence-electron chi connectivity index (χ1n) is 9.14. The van der Waals surface area contributed by atoms with Crippen LogP contribution in [0, 0.1) is 0 Å². The lowest BCUT2D eigenvalue weighted by atomic mass is 10.1. The summed E-state index contributed by atoms with van der Waals surface area (Å²) in [7, 11) is 1.67. The highest BCUT2D eigenvalue weighted by Crippen LogP contribution is 2.18. The number of esters is 1. The summed E-state index contributed by atoms with van der Waals surface area (Å²) in [6, 6.07) is 16.0. The first kappa shape index (κ1) is 21.2. The van der Waals surface area contributed by atoms with Crippen molar-refractivity contribution in [3.8, 4) is 5.75 Å². The molecule has 0 aliphatic heterocycles. The lowest BCUT2D eigenvalue weighted by molar-refractivity contribution is -0.153. The molecular formula is C22H25NO5. The van der Waals surface area contributed by atoms with E-state index in [4.69, 9.17) is 9.47 Å². The van der Waals surface area contributed by atoms with Crippen molar-refractivity contribution in [2.45, 2.75) is 26.3 Å². The van der Waals surface area contributed by atoms with Gasteiger partial charge in [-0.2, -0.15) is 0 Å². The minimum atomic E-state index is -0.636. The third-order valence-electron chi connectivity index (χ3n) is 4.47. The molecule has 0 radical (unpaired) electrons. The highest BCUT2D eigenvalue weighted by atomic mass is 16.6. The Morgan fingerprint density at radius 2 is 1.61 bits per heavy atom. The molecule has 0 spiro atoms. The number of amides is 1. The molecule has 2 aromatic carbocycles. The largest absolute Gasteiger partial charge is 0.482 e. The standard InChI is InChI=1S/C22H25NO5/c1-4-20(24)18-10-12-19(13-11-18)27-15-22(26)28-14-21(25)23(3)16(2)17-8-6-5-7-9-17/h5-13,16H,4,14-15H2,1-3H3. The molecule has 1 atom stereocenters. The van der Waals surface area contributed by atoms with Crippen molar-refractivity contribution in [3.05, 3.63) is 65.7 Å². The molecule has 2 rings (SSSR count). The quantitative estimate of drug-likeness (QED) is 0.490. The van der Waals surface area contributed by atoms with E-state index in [0.717, 1.165) is 5.56 Å². The number of hydrogen-bond acceptors (Lipinski definition) is 5. The van der Waals surface area contributed by atoms with Gasteiger partial charge in [-0.15, -0.1) is 0 Å². The van der Waals surface area contributed by atoms with Crippen LogP contribution in [0.25, 0.3) is 0 Å². The Balaban J connectivity index is 1.77. The van der Waals surface area contributed by atoms with Crippen molar-refractivity contribution in [2.75, 3.05) is 20.3 Å². The van der Waals surface area contributed by atoms with Gasteiger partial charge in [0.2, 0.25) is 0 Å². The zero-order valence-corrected chi connectivity index (χ0v) is 16.4. The predicted molar refractivity (Wildman–Crippen MR) is 105 cm³/mol. The van der Waals surface area contributed by atoms with E-state index in [0.29, 0.717) is 17.7 Å². The summed E-state index contributed by atoms with van der Waals surface area (Å²) in [6.07, 6.45) is 0.428. The van der Waals surface area contributed by atoms with Crippen LogP contribution in [0.3, 0.4) is 0 Å². The van der Waals surface area contributed by atoms with Gasteiger partial charge in [-0.3, -0.25) is 9.59 Å². The molecule has 2 aromatic rings. The van der Waals surface area contributed by atoms with Crippen LogP contribution in [0.5, 0.6) is 5.75 Å². The van der Waals surface area contributed by atoms with E-state index in [9.17, 15) is 14.4 Å². The molecule has 6 nitrogen and oxygen atoms in total. The fraction of sp³-hybridized carbons (Fsp3) is 0.318. The maximum atomic E-state index is 12.2. The van der Waals surface area contributed by atoms with E-state index in [1.807, 2.05) is 37.3 Å². The maximum Gasteiger partial charge on any atom is 0.344 e. The molecule has 0 bridgehead atoms. The predicted octanol–water partition coefficient (Wildman–Crippen LogP) is 3.42. The van der Waals surface area contributed by atoms with Crippen molar-refractivity contribution in [2.24, 2.45) is 0 Å². The molecule has 28 heavy (non-hydrogen) atoms. The summed E-state index contributed by atoms with van der Waals surface area (Å²) in [5.41, 5.74) is 1.59. The zero-order chi connectivity index (χ0) is 20.5. The van der Waals surface area contributed by atoms with Gasteiger partial charge in [-0.05, 0) is 36.8 Å². The van der Waals surface area contributed by atoms with Crippen LogP contribution < -0.4 is 4.74 Å². The molecule has 0 N–H and O–H groups in total. The molecule has 6 heteroatoms. The molecule has 0 fully saturated rings. The summed E-state index contributed by atoms with van der Waals surface area (Å²) in [6.45, 7) is 3.04. The Morgan fingerprint density at radius 1 is 0.964 bits per heavy atom. The van der Waals surface area contributed by atoms with Gasteiger partial charge in [0.15, 0.2) is 19.0 Å². The average Bonchev–Trinajstić information content (AvgIpc) is 2.75. The fourth-order valence-electron chi connectivity index (χ4n) is 2.54. The van der Waals surface area contributed by atoms with Gasteiger partial charge in [0.25, 0.3) is 5.91 Å². The molecule has 0 aliphatic carbocycles. The Bertz CT molecular complexity index is 801. The lowest BCUT2D eigenvalue weighted by Gasteiger charge is -2.25. The molecule has 0 saturated heterocycles. The van der Waals surface area contributed by atoms with E-state index < -0.39 is 5.97 Å². The SMILES string of the molecule is CCC(=O)c1ccc(OCC(=O)OCC(=O)N(C)C(C)c2ccccc2)cc1. The number of nitrogens with zero attached hydrogens (tertiary/aromatic N) is 1. The van der Waals surface area contributed by atoms with E-state index in [-0.39, 0.29) is 30.9 Å². The summed E-state index contributed by atoms with van der Waals surface area (Å²) in [5, 5.41) is 0. The van der Waals surface area contributed by atoms with E-state index in [1.165, 1.54) is 4.90 Å². The monoisotopic (exact) mass is 383 g/mol. The number of benzene rings is 2. The van der Waals surface area contributed by atoms with E-state index in [2.05, 4.69) is 0 Å². The molecule has 148 valence electrons. The van der Waals surface area contributed by atoms with E-state index in [1.54, 1.807) is 38.2 Å². The number of likely N-dealkylation sites (N-methyl/N-ethyl adjacent to an activating group) is 1. The second-order valence-electron chi connectivity index (χ2n) is 6.34. The van der Waals surface area contributed by atoms with Gasteiger partial charge >= 0.3 is 5.97 Å².